The van der Waals surface area contributed by atoms with Crippen LogP contribution in [0.25, 0.3) is 0 Å². The summed E-state index contributed by atoms with van der Waals surface area (Å²) in [5.74, 6) is -0.0159. The van der Waals surface area contributed by atoms with Crippen LogP contribution in [0.3, 0.4) is 0 Å². The SMILES string of the molecule is CCSc1ccc(C(C)NC(=O)CCc2ccccc2C(=O)O)cc1. The fraction of sp³-hybridized carbons (Fsp3) is 0.300. The van der Waals surface area contributed by atoms with Crippen molar-refractivity contribution in [1.82, 2.24) is 5.32 Å². The summed E-state index contributed by atoms with van der Waals surface area (Å²) in [6.45, 7) is 4.06. The maximum Gasteiger partial charge on any atom is 0.335 e. The molecular weight excluding hydrogens is 334 g/mol. The molecule has 0 radical (unpaired) electrons. The monoisotopic (exact) mass is 357 g/mol. The molecule has 2 aromatic carbocycles. The van der Waals surface area contributed by atoms with E-state index in [-0.39, 0.29) is 23.9 Å². The zero-order chi connectivity index (χ0) is 18.2. The number of nitrogens with one attached hydrogen (secondary N) is 1. The molecule has 1 amide bonds. The molecule has 0 bridgehead atoms. The second-order valence-corrected chi connectivity index (χ2v) is 7.09. The predicted octanol–water partition coefficient (Wildman–Crippen LogP) is 4.31. The molecule has 132 valence electrons. The molecule has 0 aliphatic heterocycles. The lowest BCUT2D eigenvalue weighted by Crippen LogP contribution is -2.27. The average Bonchev–Trinajstić information content (AvgIpc) is 2.61. The third-order valence-corrected chi connectivity index (χ3v) is 4.83. The van der Waals surface area contributed by atoms with Crippen molar-refractivity contribution in [3.05, 3.63) is 65.2 Å². The highest BCUT2D eigenvalue weighted by Gasteiger charge is 2.13. The van der Waals surface area contributed by atoms with Gasteiger partial charge in [0.25, 0.3) is 0 Å². The number of aromatic carboxylic acids is 1. The Labute approximate surface area is 152 Å². The van der Waals surface area contributed by atoms with Crippen LogP contribution in [0.15, 0.2) is 53.4 Å². The largest absolute Gasteiger partial charge is 0.478 e. The lowest BCUT2D eigenvalue weighted by atomic mass is 10.0. The Morgan fingerprint density at radius 1 is 1.12 bits per heavy atom. The molecular formula is C20H23NO3S. The normalized spacial score (nSPS) is 11.8. The number of aryl methyl sites for hydroxylation is 1. The van der Waals surface area contributed by atoms with Gasteiger partial charge in [0.05, 0.1) is 11.6 Å². The summed E-state index contributed by atoms with van der Waals surface area (Å²) < 4.78 is 0. The van der Waals surface area contributed by atoms with Gasteiger partial charge < -0.3 is 10.4 Å². The number of carboxylic acid groups (broad SMARTS) is 1. The lowest BCUT2D eigenvalue weighted by molar-refractivity contribution is -0.121. The third-order valence-electron chi connectivity index (χ3n) is 3.94. The molecule has 0 fully saturated rings. The number of hydrogen-bond acceptors (Lipinski definition) is 3. The predicted molar refractivity (Wildman–Crippen MR) is 101 cm³/mol. The first-order valence-electron chi connectivity index (χ1n) is 8.34. The summed E-state index contributed by atoms with van der Waals surface area (Å²) >= 11 is 1.78. The van der Waals surface area contributed by atoms with E-state index in [1.54, 1.807) is 36.0 Å². The summed E-state index contributed by atoms with van der Waals surface area (Å²) in [7, 11) is 0. The molecule has 4 nitrogen and oxygen atoms in total. The molecule has 1 unspecified atom stereocenters. The van der Waals surface area contributed by atoms with Crippen LogP contribution in [0.5, 0.6) is 0 Å². The van der Waals surface area contributed by atoms with Crippen LogP contribution in [0, 0.1) is 0 Å². The van der Waals surface area contributed by atoms with E-state index in [4.69, 9.17) is 0 Å². The summed E-state index contributed by atoms with van der Waals surface area (Å²) in [4.78, 5) is 24.6. The van der Waals surface area contributed by atoms with Crippen molar-refractivity contribution >= 4 is 23.6 Å². The van der Waals surface area contributed by atoms with E-state index < -0.39 is 5.97 Å². The summed E-state index contributed by atoms with van der Waals surface area (Å²) in [6.07, 6.45) is 0.672. The fourth-order valence-electron chi connectivity index (χ4n) is 2.61. The van der Waals surface area contributed by atoms with Crippen LogP contribution in [0.1, 0.15) is 47.8 Å². The molecule has 0 aliphatic carbocycles. The lowest BCUT2D eigenvalue weighted by Gasteiger charge is -2.15. The van der Waals surface area contributed by atoms with Gasteiger partial charge in [0.15, 0.2) is 0 Å². The van der Waals surface area contributed by atoms with Crippen LogP contribution in [-0.2, 0) is 11.2 Å². The quantitative estimate of drug-likeness (QED) is 0.691. The van der Waals surface area contributed by atoms with Crippen molar-refractivity contribution in [2.24, 2.45) is 0 Å². The smallest absolute Gasteiger partial charge is 0.335 e. The van der Waals surface area contributed by atoms with Gasteiger partial charge in [-0.1, -0.05) is 37.3 Å². The van der Waals surface area contributed by atoms with Crippen LogP contribution >= 0.6 is 11.8 Å². The average molecular weight is 357 g/mol. The van der Waals surface area contributed by atoms with Crippen LogP contribution in [0.4, 0.5) is 0 Å². The molecule has 0 saturated carbocycles. The Bertz CT molecular complexity index is 728. The Hall–Kier alpha value is -2.27. The minimum Gasteiger partial charge on any atom is -0.478 e. The minimum absolute atomic E-state index is 0.0807. The maximum atomic E-state index is 12.2. The van der Waals surface area contributed by atoms with Gasteiger partial charge >= 0.3 is 5.97 Å². The number of carbonyl (C=O) groups excluding carboxylic acids is 1. The molecule has 2 aromatic rings. The molecule has 0 heterocycles. The van der Waals surface area contributed by atoms with Crippen molar-refractivity contribution in [1.29, 1.82) is 0 Å². The molecule has 25 heavy (non-hydrogen) atoms. The zero-order valence-corrected chi connectivity index (χ0v) is 15.3. The molecule has 2 N–H and O–H groups in total. The van der Waals surface area contributed by atoms with Crippen LogP contribution in [-0.4, -0.2) is 22.7 Å². The van der Waals surface area contributed by atoms with Gasteiger partial charge in [-0.3, -0.25) is 4.79 Å². The molecule has 5 heteroatoms. The Morgan fingerprint density at radius 2 is 1.80 bits per heavy atom. The van der Waals surface area contributed by atoms with E-state index in [0.717, 1.165) is 11.3 Å². The zero-order valence-electron chi connectivity index (χ0n) is 14.5. The maximum absolute atomic E-state index is 12.2. The number of amides is 1. The standard InChI is InChI=1S/C20H23NO3S/c1-3-25-17-11-8-15(9-12-17)14(2)21-19(22)13-10-16-6-4-5-7-18(16)20(23)24/h4-9,11-12,14H,3,10,13H2,1-2H3,(H,21,22)(H,23,24). The van der Waals surface area contributed by atoms with Crippen molar-refractivity contribution in [2.75, 3.05) is 5.75 Å². The van der Waals surface area contributed by atoms with Gasteiger partial charge in [-0.05, 0) is 48.4 Å². The van der Waals surface area contributed by atoms with Gasteiger partial charge in [0, 0.05) is 11.3 Å². The van der Waals surface area contributed by atoms with Crippen molar-refractivity contribution in [3.8, 4) is 0 Å². The first kappa shape index (κ1) is 19.1. The summed E-state index contributed by atoms with van der Waals surface area (Å²) in [5, 5.41) is 12.2. The Balaban J connectivity index is 1.90. The van der Waals surface area contributed by atoms with Crippen LogP contribution < -0.4 is 5.32 Å². The van der Waals surface area contributed by atoms with Crippen LogP contribution in [0.2, 0.25) is 0 Å². The number of thioether (sulfide) groups is 1. The Kier molecular flexibility index (Phi) is 7.07. The number of hydrogen-bond donors (Lipinski definition) is 2. The molecule has 0 saturated heterocycles. The van der Waals surface area contributed by atoms with E-state index in [9.17, 15) is 14.7 Å². The topological polar surface area (TPSA) is 66.4 Å². The van der Waals surface area contributed by atoms with Gasteiger partial charge in [-0.15, -0.1) is 11.8 Å². The van der Waals surface area contributed by atoms with Crippen molar-refractivity contribution in [3.63, 3.8) is 0 Å². The highest BCUT2D eigenvalue weighted by atomic mass is 32.2. The van der Waals surface area contributed by atoms with Gasteiger partial charge in [0.2, 0.25) is 5.91 Å². The molecule has 0 aliphatic rings. The summed E-state index contributed by atoms with van der Waals surface area (Å²) in [5.41, 5.74) is 1.99. The number of carboxylic acids is 1. The van der Waals surface area contributed by atoms with E-state index in [2.05, 4.69) is 24.4 Å². The van der Waals surface area contributed by atoms with Crippen molar-refractivity contribution < 1.29 is 14.7 Å². The molecule has 2 rings (SSSR count). The van der Waals surface area contributed by atoms with E-state index >= 15 is 0 Å². The number of rotatable bonds is 8. The Morgan fingerprint density at radius 3 is 2.44 bits per heavy atom. The summed E-state index contributed by atoms with van der Waals surface area (Å²) in [6, 6.07) is 14.9. The van der Waals surface area contributed by atoms with Gasteiger partial charge in [-0.2, -0.15) is 0 Å². The molecule has 1 atom stereocenters. The first-order chi connectivity index (χ1) is 12.0. The third kappa shape index (κ3) is 5.64. The fourth-order valence-corrected chi connectivity index (χ4v) is 3.27. The highest BCUT2D eigenvalue weighted by molar-refractivity contribution is 7.99. The highest BCUT2D eigenvalue weighted by Crippen LogP contribution is 2.21. The van der Waals surface area contributed by atoms with E-state index in [1.807, 2.05) is 19.1 Å². The second kappa shape index (κ2) is 9.28. The minimum atomic E-state index is -0.964. The van der Waals surface area contributed by atoms with E-state index in [0.29, 0.717) is 12.0 Å². The first-order valence-corrected chi connectivity index (χ1v) is 9.33. The number of benzene rings is 2. The van der Waals surface area contributed by atoms with Gasteiger partial charge in [0.1, 0.15) is 0 Å². The number of carbonyl (C=O) groups is 2. The molecule has 0 spiro atoms. The van der Waals surface area contributed by atoms with Gasteiger partial charge in [-0.25, -0.2) is 4.79 Å². The second-order valence-electron chi connectivity index (χ2n) is 5.75. The van der Waals surface area contributed by atoms with E-state index in [1.165, 1.54) is 4.90 Å². The molecule has 0 aromatic heterocycles. The van der Waals surface area contributed by atoms with Crippen molar-refractivity contribution in [2.45, 2.75) is 37.6 Å².